The normalized spacial score (nSPS) is 15.6. The highest BCUT2D eigenvalue weighted by Gasteiger charge is 2.11. The molecule has 11 heavy (non-hydrogen) atoms. The Bertz CT molecular complexity index is 331. The van der Waals surface area contributed by atoms with Crippen LogP contribution < -0.4 is 0 Å². The molecule has 0 spiro atoms. The summed E-state index contributed by atoms with van der Waals surface area (Å²) in [7, 11) is 0. The van der Waals surface area contributed by atoms with Gasteiger partial charge in [0, 0.05) is 0 Å². The molecule has 0 amide bonds. The number of hydrogen-bond donors (Lipinski definition) is 2. The number of guanidine groups is 1. The molecule has 7 nitrogen and oxygen atoms in total. The number of nitrogens with zero attached hydrogens (tertiary/aromatic N) is 5. The number of nitrogens with one attached hydrogen (secondary N) is 2. The number of amidine groups is 1. The largest absolute Gasteiger partial charge is 0.264 e. The van der Waals surface area contributed by atoms with Crippen molar-refractivity contribution < 1.29 is 0 Å². The fraction of sp³-hybridized carbons (Fsp3) is 0. The molecule has 0 fully saturated rings. The van der Waals surface area contributed by atoms with Gasteiger partial charge in [-0.2, -0.15) is 10.1 Å². The molecule has 0 atom stereocenters. The maximum atomic E-state index is 6.97. The van der Waals surface area contributed by atoms with Crippen molar-refractivity contribution in [3.8, 4) is 0 Å². The van der Waals surface area contributed by atoms with E-state index in [-0.39, 0.29) is 5.96 Å². The van der Waals surface area contributed by atoms with Crippen molar-refractivity contribution in [1.82, 2.24) is 15.2 Å². The van der Waals surface area contributed by atoms with Gasteiger partial charge in [-0.15, -0.1) is 10.2 Å². The summed E-state index contributed by atoms with van der Waals surface area (Å²) in [5, 5.41) is 20.1. The maximum absolute atomic E-state index is 6.97. The molecule has 2 N–H and O–H groups in total. The number of rotatable bonds is 1. The monoisotopic (exact) mass is 149 g/mol. The van der Waals surface area contributed by atoms with E-state index in [9.17, 15) is 0 Å². The van der Waals surface area contributed by atoms with Crippen molar-refractivity contribution >= 4 is 11.8 Å². The number of azo groups is 1. The summed E-state index contributed by atoms with van der Waals surface area (Å²) in [6.45, 7) is 0. The van der Waals surface area contributed by atoms with Crippen LogP contribution in [0, 0.1) is 5.41 Å². The molecule has 0 bridgehead atoms. The van der Waals surface area contributed by atoms with E-state index in [0.29, 0.717) is 11.7 Å². The first-order valence-electron chi connectivity index (χ1n) is 2.81. The Labute approximate surface area is 60.8 Å². The topological polar surface area (TPSA) is 102 Å². The molecule has 0 aromatic carbocycles. The average Bonchev–Trinajstić information content (AvgIpc) is 2.55. The highest BCUT2D eigenvalue weighted by Crippen LogP contribution is 2.01. The van der Waals surface area contributed by atoms with Crippen LogP contribution in [0.5, 0.6) is 0 Å². The lowest BCUT2D eigenvalue weighted by Crippen LogP contribution is -1.96. The summed E-state index contributed by atoms with van der Waals surface area (Å²) in [4.78, 5) is 7.45. The molecule has 0 unspecified atom stereocenters. The lowest BCUT2D eigenvalue weighted by Gasteiger charge is -1.82. The quantitative estimate of drug-likeness (QED) is 0.584. The molecule has 2 rings (SSSR count). The summed E-state index contributed by atoms with van der Waals surface area (Å²) in [5.41, 5.74) is 0. The molecule has 2 heterocycles. The number of aliphatic imine (C=N–C) groups is 1. The minimum atomic E-state index is -0.114. The average molecular weight is 149 g/mol. The highest BCUT2D eigenvalue weighted by molar-refractivity contribution is 6.06. The van der Waals surface area contributed by atoms with E-state index in [1.54, 1.807) is 0 Å². The standard InChI is InChI=1S/C4H3N7/c5-4-8-3(10-11-4)2-6-1-7-9-2/h1,5H,(H,6,7,9). The molecule has 0 saturated carbocycles. The second kappa shape index (κ2) is 2.04. The maximum Gasteiger partial charge on any atom is 0.263 e. The highest BCUT2D eigenvalue weighted by atomic mass is 15.3. The lowest BCUT2D eigenvalue weighted by atomic mass is 10.6. The third-order valence-corrected chi connectivity index (χ3v) is 1.08. The van der Waals surface area contributed by atoms with Crippen LogP contribution in [0.25, 0.3) is 0 Å². The minimum absolute atomic E-state index is 0.114. The first-order valence-corrected chi connectivity index (χ1v) is 2.81. The Hall–Kier alpha value is -1.92. The molecule has 1 aliphatic heterocycles. The number of hydrogen-bond acceptors (Lipinski definition) is 4. The van der Waals surface area contributed by atoms with Crippen molar-refractivity contribution in [3.63, 3.8) is 0 Å². The summed E-state index contributed by atoms with van der Waals surface area (Å²) in [5.74, 6) is 0.611. The number of H-pyrrole nitrogens is 1. The van der Waals surface area contributed by atoms with Gasteiger partial charge in [0.2, 0.25) is 5.84 Å². The van der Waals surface area contributed by atoms with Crippen LogP contribution in [0.4, 0.5) is 0 Å². The zero-order chi connectivity index (χ0) is 7.68. The smallest absolute Gasteiger partial charge is 0.263 e. The fourth-order valence-corrected chi connectivity index (χ4v) is 0.653. The molecule has 1 aromatic rings. The van der Waals surface area contributed by atoms with Gasteiger partial charge in [0.15, 0.2) is 5.82 Å². The Balaban J connectivity index is 2.40. The Morgan fingerprint density at radius 3 is 2.82 bits per heavy atom. The summed E-state index contributed by atoms with van der Waals surface area (Å²) >= 11 is 0. The van der Waals surface area contributed by atoms with Crippen LogP contribution in [0.15, 0.2) is 21.5 Å². The Morgan fingerprint density at radius 2 is 2.27 bits per heavy atom. The Morgan fingerprint density at radius 1 is 1.36 bits per heavy atom. The van der Waals surface area contributed by atoms with Crippen molar-refractivity contribution in [2.45, 2.75) is 0 Å². The Kier molecular flexibility index (Phi) is 1.08. The van der Waals surface area contributed by atoms with Crippen molar-refractivity contribution in [3.05, 3.63) is 12.2 Å². The van der Waals surface area contributed by atoms with Crippen LogP contribution >= 0.6 is 0 Å². The molecule has 7 heteroatoms. The van der Waals surface area contributed by atoms with E-state index < -0.39 is 0 Å². The van der Waals surface area contributed by atoms with Gasteiger partial charge in [0.25, 0.3) is 5.96 Å². The second-order valence-electron chi connectivity index (χ2n) is 1.79. The van der Waals surface area contributed by atoms with E-state index in [0.717, 1.165) is 0 Å². The van der Waals surface area contributed by atoms with E-state index in [1.165, 1.54) is 6.33 Å². The predicted octanol–water partition coefficient (Wildman–Crippen LogP) is -0.0481. The van der Waals surface area contributed by atoms with Crippen LogP contribution in [-0.4, -0.2) is 27.0 Å². The molecule has 1 aromatic heterocycles. The molecule has 1 aliphatic rings. The molecule has 54 valence electrons. The van der Waals surface area contributed by atoms with Crippen LogP contribution in [-0.2, 0) is 0 Å². The predicted molar refractivity (Wildman–Crippen MR) is 35.5 cm³/mol. The summed E-state index contributed by atoms with van der Waals surface area (Å²) in [6, 6.07) is 0. The van der Waals surface area contributed by atoms with Gasteiger partial charge < -0.3 is 0 Å². The summed E-state index contributed by atoms with van der Waals surface area (Å²) < 4.78 is 0. The molecule has 0 saturated heterocycles. The van der Waals surface area contributed by atoms with Crippen LogP contribution in [0.2, 0.25) is 0 Å². The number of aromatic nitrogens is 3. The zero-order valence-corrected chi connectivity index (χ0v) is 5.31. The van der Waals surface area contributed by atoms with Crippen LogP contribution in [0.3, 0.4) is 0 Å². The SMILES string of the molecule is N=C1N=NC(c2ncn[nH]2)=N1. The van der Waals surface area contributed by atoms with E-state index in [2.05, 4.69) is 30.4 Å². The number of aromatic amines is 1. The van der Waals surface area contributed by atoms with Gasteiger partial charge in [-0.25, -0.2) is 4.98 Å². The van der Waals surface area contributed by atoms with Gasteiger partial charge in [0.1, 0.15) is 6.33 Å². The van der Waals surface area contributed by atoms with Gasteiger partial charge >= 0.3 is 0 Å². The first kappa shape index (κ1) is 5.83. The minimum Gasteiger partial charge on any atom is -0.264 e. The van der Waals surface area contributed by atoms with Gasteiger partial charge in [-0.05, 0) is 0 Å². The zero-order valence-electron chi connectivity index (χ0n) is 5.31. The van der Waals surface area contributed by atoms with E-state index in [1.807, 2.05) is 0 Å². The van der Waals surface area contributed by atoms with Crippen LogP contribution in [0.1, 0.15) is 5.82 Å². The first-order chi connectivity index (χ1) is 5.36. The van der Waals surface area contributed by atoms with E-state index in [4.69, 9.17) is 5.41 Å². The third-order valence-electron chi connectivity index (χ3n) is 1.08. The van der Waals surface area contributed by atoms with Gasteiger partial charge in [-0.1, -0.05) is 0 Å². The van der Waals surface area contributed by atoms with Crippen molar-refractivity contribution in [2.24, 2.45) is 15.2 Å². The fourth-order valence-electron chi connectivity index (χ4n) is 0.653. The van der Waals surface area contributed by atoms with Gasteiger partial charge in [-0.3, -0.25) is 10.5 Å². The van der Waals surface area contributed by atoms with E-state index >= 15 is 0 Å². The lowest BCUT2D eigenvalue weighted by molar-refractivity contribution is 1.07. The second-order valence-corrected chi connectivity index (χ2v) is 1.79. The third kappa shape index (κ3) is 0.914. The molecule has 0 aliphatic carbocycles. The van der Waals surface area contributed by atoms with Gasteiger partial charge in [0.05, 0.1) is 0 Å². The van der Waals surface area contributed by atoms with Crippen molar-refractivity contribution in [1.29, 1.82) is 5.41 Å². The van der Waals surface area contributed by atoms with Crippen molar-refractivity contribution in [2.75, 3.05) is 0 Å². The summed E-state index contributed by atoms with van der Waals surface area (Å²) in [6.07, 6.45) is 1.34. The molecule has 0 radical (unpaired) electrons. The molecular formula is C4H3N7. The molecular weight excluding hydrogens is 146 g/mol.